The second-order valence-corrected chi connectivity index (χ2v) is 14.0. The zero-order chi connectivity index (χ0) is 26.5. The van der Waals surface area contributed by atoms with Gasteiger partial charge in [-0.2, -0.15) is 0 Å². The average Bonchev–Trinajstić information content (AvgIpc) is 3.35. The van der Waals surface area contributed by atoms with Crippen LogP contribution in [0.4, 0.5) is 15.8 Å². The van der Waals surface area contributed by atoms with E-state index in [0.29, 0.717) is 27.2 Å². The van der Waals surface area contributed by atoms with E-state index >= 15 is 4.39 Å². The van der Waals surface area contributed by atoms with Gasteiger partial charge in [-0.15, -0.1) is 11.3 Å². The van der Waals surface area contributed by atoms with Gasteiger partial charge in [-0.1, -0.05) is 0 Å². The number of halogens is 1. The number of nitrogens with one attached hydrogen (secondary N) is 3. The SMILES string of the molecule is Cc1ccnc(C)c1Nc1c(-c2cn(C)c(=O)c3[nH]c(C(=O)NC(C)C)cc23)sc(P(C)(C)=O)c1F. The molecule has 190 valence electrons. The van der Waals surface area contributed by atoms with E-state index in [2.05, 4.69) is 20.6 Å². The van der Waals surface area contributed by atoms with E-state index < -0.39 is 13.0 Å². The highest BCUT2D eigenvalue weighted by molar-refractivity contribution is 7.75. The molecule has 0 saturated heterocycles. The molecule has 3 N–H and O–H groups in total. The fourth-order valence-corrected chi connectivity index (χ4v) is 6.67. The molecule has 0 aliphatic rings. The van der Waals surface area contributed by atoms with Crippen molar-refractivity contribution in [2.75, 3.05) is 18.6 Å². The first-order valence-electron chi connectivity index (χ1n) is 11.4. The van der Waals surface area contributed by atoms with Crippen molar-refractivity contribution in [3.63, 3.8) is 0 Å². The van der Waals surface area contributed by atoms with Gasteiger partial charge in [0, 0.05) is 36.4 Å². The van der Waals surface area contributed by atoms with Gasteiger partial charge >= 0.3 is 0 Å². The molecule has 0 saturated carbocycles. The number of carbonyl (C=O) groups excluding carboxylic acids is 1. The van der Waals surface area contributed by atoms with Crippen LogP contribution in [-0.2, 0) is 11.6 Å². The van der Waals surface area contributed by atoms with Crippen LogP contribution in [0.2, 0.25) is 0 Å². The van der Waals surface area contributed by atoms with E-state index in [0.717, 1.165) is 16.9 Å². The molecule has 0 aliphatic carbocycles. The number of carbonyl (C=O) groups is 1. The first-order valence-corrected chi connectivity index (χ1v) is 14.8. The highest BCUT2D eigenvalue weighted by atomic mass is 32.1. The molecule has 11 heteroatoms. The summed E-state index contributed by atoms with van der Waals surface area (Å²) in [7, 11) is -1.38. The van der Waals surface area contributed by atoms with Crippen LogP contribution in [-0.4, -0.2) is 39.8 Å². The predicted octanol–water partition coefficient (Wildman–Crippen LogP) is 4.88. The number of nitrogens with zero attached hydrogens (tertiary/aromatic N) is 2. The Morgan fingerprint density at radius 1 is 1.25 bits per heavy atom. The molecule has 1 amide bonds. The van der Waals surface area contributed by atoms with Crippen molar-refractivity contribution in [2.24, 2.45) is 7.05 Å². The lowest BCUT2D eigenvalue weighted by Crippen LogP contribution is -2.30. The number of aryl methyl sites for hydroxylation is 3. The number of thiophene rings is 1. The number of hydrogen-bond acceptors (Lipinski definition) is 6. The summed E-state index contributed by atoms with van der Waals surface area (Å²) < 4.78 is 30.4. The van der Waals surface area contributed by atoms with Crippen LogP contribution in [0.3, 0.4) is 0 Å². The van der Waals surface area contributed by atoms with Gasteiger partial charge in [0.1, 0.15) is 23.0 Å². The molecule has 4 aromatic heterocycles. The molecule has 0 aromatic carbocycles. The van der Waals surface area contributed by atoms with Gasteiger partial charge in [0.15, 0.2) is 5.82 Å². The molecule has 0 spiro atoms. The van der Waals surface area contributed by atoms with Crippen LogP contribution in [0.15, 0.2) is 29.3 Å². The molecule has 36 heavy (non-hydrogen) atoms. The summed E-state index contributed by atoms with van der Waals surface area (Å²) in [6.45, 7) is 10.4. The average molecular weight is 530 g/mol. The number of H-pyrrole nitrogens is 1. The summed E-state index contributed by atoms with van der Waals surface area (Å²) in [5.74, 6) is -0.944. The van der Waals surface area contributed by atoms with Crippen molar-refractivity contribution in [1.82, 2.24) is 19.9 Å². The topological polar surface area (TPSA) is 109 Å². The van der Waals surface area contributed by atoms with E-state index in [-0.39, 0.29) is 39.0 Å². The largest absolute Gasteiger partial charge is 0.350 e. The van der Waals surface area contributed by atoms with Crippen molar-refractivity contribution in [3.05, 3.63) is 57.6 Å². The number of aromatic amines is 1. The van der Waals surface area contributed by atoms with Gasteiger partial charge in [0.2, 0.25) is 0 Å². The third-order valence-electron chi connectivity index (χ3n) is 5.79. The van der Waals surface area contributed by atoms with Crippen LogP contribution in [0.25, 0.3) is 21.3 Å². The minimum Gasteiger partial charge on any atom is -0.350 e. The zero-order valence-corrected chi connectivity index (χ0v) is 23.0. The summed E-state index contributed by atoms with van der Waals surface area (Å²) in [5.41, 5.74) is 3.04. The van der Waals surface area contributed by atoms with Crippen LogP contribution in [0.1, 0.15) is 35.6 Å². The third kappa shape index (κ3) is 4.63. The number of pyridine rings is 2. The first kappa shape index (κ1) is 25.9. The maximum atomic E-state index is 15.9. The quantitative estimate of drug-likeness (QED) is 0.309. The summed E-state index contributed by atoms with van der Waals surface area (Å²) >= 11 is 1.08. The van der Waals surface area contributed by atoms with Gasteiger partial charge in [0.05, 0.1) is 21.9 Å². The molecule has 0 atom stereocenters. The fourth-order valence-electron chi connectivity index (χ4n) is 4.03. The standard InChI is InChI=1S/C25H29FN5O3PS/c1-12(2)28-23(32)17-10-15-16(11-31(5)24(33)20(15)29-17)22-21(18(26)25(36-22)35(6,7)34)30-19-13(3)8-9-27-14(19)4/h8-12,29-30H,1-7H3,(H,28,32). The highest BCUT2D eigenvalue weighted by Gasteiger charge is 2.29. The van der Waals surface area contributed by atoms with E-state index in [1.807, 2.05) is 33.8 Å². The van der Waals surface area contributed by atoms with Gasteiger partial charge in [-0.05, 0) is 58.7 Å². The predicted molar refractivity (Wildman–Crippen MR) is 145 cm³/mol. The van der Waals surface area contributed by atoms with Gasteiger partial charge in [-0.25, -0.2) is 4.39 Å². The molecule has 0 unspecified atom stereocenters. The molecular formula is C25H29FN5O3PS. The molecule has 0 radical (unpaired) electrons. The zero-order valence-electron chi connectivity index (χ0n) is 21.2. The minimum absolute atomic E-state index is 0.0924. The Labute approximate surface area is 212 Å². The first-order chi connectivity index (χ1) is 16.8. The molecule has 0 fully saturated rings. The van der Waals surface area contributed by atoms with Crippen molar-refractivity contribution in [3.8, 4) is 10.4 Å². The molecule has 0 aliphatic heterocycles. The number of amides is 1. The van der Waals surface area contributed by atoms with Gasteiger partial charge in [0.25, 0.3) is 11.5 Å². The number of anilines is 2. The summed E-state index contributed by atoms with van der Waals surface area (Å²) in [6.07, 6.45) is 3.29. The van der Waals surface area contributed by atoms with Gasteiger partial charge < -0.3 is 24.7 Å². The fraction of sp³-hybridized carbons (Fsp3) is 0.320. The van der Waals surface area contributed by atoms with Crippen LogP contribution >= 0.6 is 18.5 Å². The second-order valence-electron chi connectivity index (χ2n) is 9.55. The summed E-state index contributed by atoms with van der Waals surface area (Å²) in [5, 5.41) is 6.48. The lowest BCUT2D eigenvalue weighted by atomic mass is 10.1. The maximum Gasteiger partial charge on any atom is 0.274 e. The molecule has 8 nitrogen and oxygen atoms in total. The Morgan fingerprint density at radius 3 is 2.56 bits per heavy atom. The normalized spacial score (nSPS) is 11.9. The Bertz CT molecular complexity index is 1590. The number of hydrogen-bond donors (Lipinski definition) is 3. The van der Waals surface area contributed by atoms with Crippen molar-refractivity contribution in [1.29, 1.82) is 0 Å². The Hall–Kier alpha value is -3.23. The minimum atomic E-state index is -2.97. The van der Waals surface area contributed by atoms with Gasteiger partial charge in [-0.3, -0.25) is 14.6 Å². The number of rotatable bonds is 6. The highest BCUT2D eigenvalue weighted by Crippen LogP contribution is 2.48. The van der Waals surface area contributed by atoms with E-state index in [4.69, 9.17) is 0 Å². The molecule has 0 bridgehead atoms. The third-order valence-corrected chi connectivity index (χ3v) is 9.56. The van der Waals surface area contributed by atoms with Crippen LogP contribution in [0.5, 0.6) is 0 Å². The lowest BCUT2D eigenvalue weighted by molar-refractivity contribution is 0.0939. The monoisotopic (exact) mass is 529 g/mol. The number of fused-ring (bicyclic) bond motifs is 1. The van der Waals surface area contributed by atoms with Crippen molar-refractivity contribution < 1.29 is 13.8 Å². The maximum absolute atomic E-state index is 15.9. The molecular weight excluding hydrogens is 500 g/mol. The second kappa shape index (κ2) is 9.33. The Kier molecular flexibility index (Phi) is 6.70. The van der Waals surface area contributed by atoms with Crippen molar-refractivity contribution in [2.45, 2.75) is 33.7 Å². The number of aromatic nitrogens is 3. The van der Waals surface area contributed by atoms with Crippen molar-refractivity contribution >= 4 is 51.3 Å². The Balaban J connectivity index is 2.02. The van der Waals surface area contributed by atoms with E-state index in [1.54, 1.807) is 25.5 Å². The summed E-state index contributed by atoms with van der Waals surface area (Å²) in [6, 6.07) is 3.33. The lowest BCUT2D eigenvalue weighted by Gasteiger charge is -2.14. The van der Waals surface area contributed by atoms with E-state index in [9.17, 15) is 14.2 Å². The van der Waals surface area contributed by atoms with E-state index in [1.165, 1.54) is 17.9 Å². The van der Waals surface area contributed by atoms with Crippen LogP contribution < -0.4 is 20.8 Å². The van der Waals surface area contributed by atoms with Crippen LogP contribution in [0, 0.1) is 19.7 Å². The smallest absolute Gasteiger partial charge is 0.274 e. The molecule has 4 rings (SSSR count). The molecule has 4 heterocycles. The Morgan fingerprint density at radius 2 is 1.94 bits per heavy atom. The molecule has 4 aromatic rings. The summed E-state index contributed by atoms with van der Waals surface area (Å²) in [4.78, 5) is 33.3.